The summed E-state index contributed by atoms with van der Waals surface area (Å²) < 4.78 is 54.2. The van der Waals surface area contributed by atoms with Gasteiger partial charge in [-0.25, -0.2) is 17.2 Å². The summed E-state index contributed by atoms with van der Waals surface area (Å²) in [5.74, 6) is -2.35. The largest absolute Gasteiger partial charge is 0.350 e. The number of benzene rings is 1. The van der Waals surface area contributed by atoms with E-state index in [2.05, 4.69) is 10.2 Å². The summed E-state index contributed by atoms with van der Waals surface area (Å²) in [6.45, 7) is 4.19. The van der Waals surface area contributed by atoms with E-state index >= 15 is 0 Å². The van der Waals surface area contributed by atoms with Gasteiger partial charge in [0.2, 0.25) is 10.0 Å². The first kappa shape index (κ1) is 26.0. The molecule has 0 unspecified atom stereocenters. The van der Waals surface area contributed by atoms with Gasteiger partial charge in [-0.3, -0.25) is 9.69 Å². The number of nitrogens with one attached hydrogen (secondary N) is 1. The molecule has 1 aliphatic heterocycles. The van der Waals surface area contributed by atoms with Crippen LogP contribution in [0, 0.1) is 11.6 Å². The second-order valence-electron chi connectivity index (χ2n) is 8.27. The van der Waals surface area contributed by atoms with Crippen LogP contribution in [0.3, 0.4) is 0 Å². The molecule has 1 N–H and O–H groups in total. The number of halogens is 3. The van der Waals surface area contributed by atoms with E-state index in [4.69, 9.17) is 0 Å². The first-order valence-corrected chi connectivity index (χ1v) is 12.3. The Morgan fingerprint density at radius 2 is 1.65 bits per heavy atom. The van der Waals surface area contributed by atoms with Crippen LogP contribution in [-0.2, 0) is 10.0 Å². The average Bonchev–Trinajstić information content (AvgIpc) is 2.73. The van der Waals surface area contributed by atoms with E-state index in [0.717, 1.165) is 44.2 Å². The van der Waals surface area contributed by atoms with Gasteiger partial charge in [-0.15, -0.1) is 12.4 Å². The number of hydrogen-bond donors (Lipinski definition) is 1. The van der Waals surface area contributed by atoms with Crippen LogP contribution in [0.1, 0.15) is 55.8 Å². The highest BCUT2D eigenvalue weighted by Crippen LogP contribution is 2.34. The van der Waals surface area contributed by atoms with Crippen molar-refractivity contribution in [2.45, 2.75) is 51.0 Å². The van der Waals surface area contributed by atoms with Crippen LogP contribution in [0.4, 0.5) is 8.78 Å². The number of nitrogens with zero attached hydrogens (tertiary/aromatic N) is 2. The molecule has 0 radical (unpaired) electrons. The lowest BCUT2D eigenvalue weighted by Gasteiger charge is -2.49. The second kappa shape index (κ2) is 11.0. The topological polar surface area (TPSA) is 69.7 Å². The SMILES string of the molecule is CCCS(=O)(=O)N1CCN(C2(CNC(=O)c3c(F)cccc3F)CCCCC2)CC1.Cl. The summed E-state index contributed by atoms with van der Waals surface area (Å²) in [5, 5.41) is 2.76. The van der Waals surface area contributed by atoms with Crippen molar-refractivity contribution in [3.63, 3.8) is 0 Å². The molecule has 1 saturated heterocycles. The van der Waals surface area contributed by atoms with Crippen molar-refractivity contribution >= 4 is 28.3 Å². The number of amides is 1. The Balaban J connectivity index is 0.00000341. The lowest BCUT2D eigenvalue weighted by atomic mass is 9.79. The molecular formula is C21H32ClF2N3O3S. The van der Waals surface area contributed by atoms with E-state index in [9.17, 15) is 22.0 Å². The van der Waals surface area contributed by atoms with Crippen molar-refractivity contribution in [2.75, 3.05) is 38.5 Å². The Morgan fingerprint density at radius 1 is 1.06 bits per heavy atom. The molecule has 1 heterocycles. The Labute approximate surface area is 189 Å². The number of rotatable bonds is 7. The van der Waals surface area contributed by atoms with Gasteiger partial charge in [0.25, 0.3) is 5.91 Å². The maximum absolute atomic E-state index is 14.0. The van der Waals surface area contributed by atoms with Crippen LogP contribution in [0.2, 0.25) is 0 Å². The second-order valence-corrected chi connectivity index (χ2v) is 10.4. The molecule has 31 heavy (non-hydrogen) atoms. The minimum absolute atomic E-state index is 0. The van der Waals surface area contributed by atoms with Gasteiger partial charge in [0.15, 0.2) is 0 Å². The van der Waals surface area contributed by atoms with Crippen molar-refractivity contribution in [1.29, 1.82) is 0 Å². The molecule has 0 aromatic heterocycles. The van der Waals surface area contributed by atoms with Gasteiger partial charge in [-0.05, 0) is 31.4 Å². The highest BCUT2D eigenvalue weighted by Gasteiger charge is 2.41. The molecule has 0 bridgehead atoms. The van der Waals surface area contributed by atoms with Crippen LogP contribution in [-0.4, -0.2) is 67.5 Å². The number of carbonyl (C=O) groups is 1. The fraction of sp³-hybridized carbons (Fsp3) is 0.667. The highest BCUT2D eigenvalue weighted by molar-refractivity contribution is 7.89. The molecule has 1 amide bonds. The van der Waals surface area contributed by atoms with E-state index < -0.39 is 33.1 Å². The molecule has 0 atom stereocenters. The quantitative estimate of drug-likeness (QED) is 0.652. The fourth-order valence-corrected chi connectivity index (χ4v) is 6.18. The summed E-state index contributed by atoms with van der Waals surface area (Å²) >= 11 is 0. The highest BCUT2D eigenvalue weighted by atomic mass is 35.5. The first-order valence-electron chi connectivity index (χ1n) is 10.7. The third kappa shape index (κ3) is 5.94. The monoisotopic (exact) mass is 479 g/mol. The lowest BCUT2D eigenvalue weighted by molar-refractivity contribution is 0.0239. The normalized spacial score (nSPS) is 20.1. The number of hydrogen-bond acceptors (Lipinski definition) is 4. The van der Waals surface area contributed by atoms with Crippen LogP contribution >= 0.6 is 12.4 Å². The average molecular weight is 480 g/mol. The predicted molar refractivity (Wildman–Crippen MR) is 119 cm³/mol. The van der Waals surface area contributed by atoms with Gasteiger partial charge in [0.1, 0.15) is 17.2 Å². The maximum Gasteiger partial charge on any atom is 0.257 e. The van der Waals surface area contributed by atoms with Crippen LogP contribution in [0.25, 0.3) is 0 Å². The standard InChI is InChI=1S/C21H31F2N3O3S.ClH/c1-2-15-30(28,29)26-13-11-25(12-14-26)21(9-4-3-5-10-21)16-24-20(27)19-17(22)7-6-8-18(19)23;/h6-8H,2-5,9-16H2,1H3,(H,24,27);1H. The number of carbonyl (C=O) groups excluding carboxylic acids is 1. The molecule has 6 nitrogen and oxygen atoms in total. The molecule has 2 aliphatic rings. The molecule has 1 aliphatic carbocycles. The van der Waals surface area contributed by atoms with E-state index in [1.54, 1.807) is 4.31 Å². The summed E-state index contributed by atoms with van der Waals surface area (Å²) in [6.07, 6.45) is 5.47. The molecule has 176 valence electrons. The zero-order chi connectivity index (χ0) is 21.8. The molecule has 3 rings (SSSR count). The van der Waals surface area contributed by atoms with Crippen molar-refractivity contribution in [1.82, 2.24) is 14.5 Å². The Hall–Kier alpha value is -1.29. The third-order valence-corrected chi connectivity index (χ3v) is 8.39. The van der Waals surface area contributed by atoms with Gasteiger partial charge in [-0.2, -0.15) is 4.31 Å². The molecule has 2 fully saturated rings. The Kier molecular flexibility index (Phi) is 9.24. The third-order valence-electron chi connectivity index (χ3n) is 6.32. The van der Waals surface area contributed by atoms with Crippen molar-refractivity contribution in [2.24, 2.45) is 0 Å². The minimum atomic E-state index is -3.23. The van der Waals surface area contributed by atoms with Crippen molar-refractivity contribution in [3.05, 3.63) is 35.4 Å². The zero-order valence-corrected chi connectivity index (χ0v) is 19.5. The number of piperazine rings is 1. The molecular weight excluding hydrogens is 448 g/mol. The summed E-state index contributed by atoms with van der Waals surface area (Å²) in [4.78, 5) is 14.8. The van der Waals surface area contributed by atoms with Gasteiger partial charge in [0, 0.05) is 38.3 Å². The summed E-state index contributed by atoms with van der Waals surface area (Å²) in [6, 6.07) is 3.38. The van der Waals surface area contributed by atoms with Gasteiger partial charge in [0.05, 0.1) is 5.75 Å². The first-order chi connectivity index (χ1) is 14.3. The fourth-order valence-electron chi connectivity index (χ4n) is 4.69. The predicted octanol–water partition coefficient (Wildman–Crippen LogP) is 3.18. The lowest BCUT2D eigenvalue weighted by Crippen LogP contribution is -2.62. The van der Waals surface area contributed by atoms with Crippen molar-refractivity contribution in [3.8, 4) is 0 Å². The number of sulfonamides is 1. The van der Waals surface area contributed by atoms with Gasteiger partial charge < -0.3 is 5.32 Å². The van der Waals surface area contributed by atoms with Crippen LogP contribution in [0.15, 0.2) is 18.2 Å². The molecule has 1 saturated carbocycles. The Morgan fingerprint density at radius 3 is 2.19 bits per heavy atom. The zero-order valence-electron chi connectivity index (χ0n) is 17.9. The molecule has 1 aromatic carbocycles. The van der Waals surface area contributed by atoms with Gasteiger partial charge in [-0.1, -0.05) is 32.3 Å². The smallest absolute Gasteiger partial charge is 0.257 e. The molecule has 1 aromatic rings. The van der Waals surface area contributed by atoms with E-state index in [1.165, 1.54) is 6.07 Å². The maximum atomic E-state index is 14.0. The summed E-state index contributed by atoms with van der Waals surface area (Å²) in [5.41, 5.74) is -0.866. The van der Waals surface area contributed by atoms with Crippen LogP contribution in [0.5, 0.6) is 0 Å². The van der Waals surface area contributed by atoms with Crippen LogP contribution < -0.4 is 5.32 Å². The minimum Gasteiger partial charge on any atom is -0.350 e. The van der Waals surface area contributed by atoms with E-state index in [1.807, 2.05) is 6.92 Å². The van der Waals surface area contributed by atoms with E-state index in [0.29, 0.717) is 39.1 Å². The van der Waals surface area contributed by atoms with Crippen molar-refractivity contribution < 1.29 is 22.0 Å². The molecule has 10 heteroatoms. The van der Waals surface area contributed by atoms with Gasteiger partial charge >= 0.3 is 0 Å². The molecule has 0 spiro atoms. The Bertz CT molecular complexity index is 835. The summed E-state index contributed by atoms with van der Waals surface area (Å²) in [7, 11) is -3.23. The van der Waals surface area contributed by atoms with E-state index in [-0.39, 0.29) is 23.7 Å².